The Bertz CT molecular complexity index is 956. The number of halogens is 2. The maximum atomic E-state index is 13.6. The summed E-state index contributed by atoms with van der Waals surface area (Å²) in [6.45, 7) is 0. The van der Waals surface area contributed by atoms with Crippen LogP contribution in [-0.4, -0.2) is 8.42 Å². The molecule has 2 N–H and O–H groups in total. The van der Waals surface area contributed by atoms with E-state index >= 15 is 0 Å². The number of thiophene rings is 1. The molecule has 0 atom stereocenters. The van der Waals surface area contributed by atoms with Gasteiger partial charge in [-0.2, -0.15) is 0 Å². The number of hydrogen-bond donors (Lipinski definition) is 2. The van der Waals surface area contributed by atoms with Gasteiger partial charge in [-0.3, -0.25) is 4.72 Å². The Morgan fingerprint density at radius 2 is 1.58 bits per heavy atom. The lowest BCUT2D eigenvalue weighted by molar-refractivity contribution is 0.603. The first-order valence-corrected chi connectivity index (χ1v) is 9.51. The highest BCUT2D eigenvalue weighted by Gasteiger charge is 2.16. The Morgan fingerprint density at radius 3 is 2.21 bits per heavy atom. The van der Waals surface area contributed by atoms with Gasteiger partial charge in [-0.05, 0) is 48.5 Å². The van der Waals surface area contributed by atoms with Crippen molar-refractivity contribution in [3.8, 4) is 0 Å². The molecule has 0 amide bonds. The fourth-order valence-electron chi connectivity index (χ4n) is 1.99. The molecular weight excluding hydrogens is 371 g/mol. The fourth-order valence-corrected chi connectivity index (χ4v) is 4.53. The van der Waals surface area contributed by atoms with Gasteiger partial charge in [0.05, 0.1) is 10.0 Å². The lowest BCUT2D eigenvalue weighted by Gasteiger charge is -2.09. The first-order valence-electron chi connectivity index (χ1n) is 6.84. The van der Waals surface area contributed by atoms with Gasteiger partial charge in [-0.1, -0.05) is 23.7 Å². The van der Waals surface area contributed by atoms with E-state index in [4.69, 9.17) is 11.6 Å². The number of rotatable bonds is 5. The van der Waals surface area contributed by atoms with E-state index in [-0.39, 0.29) is 10.0 Å². The van der Waals surface area contributed by atoms with Crippen molar-refractivity contribution >= 4 is 50.0 Å². The molecule has 0 radical (unpaired) electrons. The van der Waals surface area contributed by atoms with E-state index < -0.39 is 10.0 Å². The summed E-state index contributed by atoms with van der Waals surface area (Å²) in [5, 5.41) is 2.93. The van der Waals surface area contributed by atoms with Gasteiger partial charge in [0.2, 0.25) is 0 Å². The highest BCUT2D eigenvalue weighted by atomic mass is 35.5. The molecule has 0 spiro atoms. The predicted octanol–water partition coefficient (Wildman–Crippen LogP) is 5.09. The van der Waals surface area contributed by atoms with Crippen LogP contribution in [0, 0.1) is 5.82 Å². The Morgan fingerprint density at radius 1 is 0.917 bits per heavy atom. The van der Waals surface area contributed by atoms with Crippen LogP contribution in [0.15, 0.2) is 64.9 Å². The lowest BCUT2D eigenvalue weighted by Crippen LogP contribution is -2.11. The summed E-state index contributed by atoms with van der Waals surface area (Å²) in [4.78, 5) is 0. The summed E-state index contributed by atoms with van der Waals surface area (Å²) >= 11 is 6.75. The molecule has 3 rings (SSSR count). The van der Waals surface area contributed by atoms with E-state index in [2.05, 4.69) is 10.0 Å². The van der Waals surface area contributed by atoms with Gasteiger partial charge in [0.15, 0.2) is 0 Å². The maximum absolute atomic E-state index is 13.6. The van der Waals surface area contributed by atoms with Crippen LogP contribution in [0.5, 0.6) is 0 Å². The van der Waals surface area contributed by atoms with E-state index in [1.807, 2.05) is 0 Å². The molecule has 0 bridgehead atoms. The molecule has 0 saturated heterocycles. The molecule has 124 valence electrons. The van der Waals surface area contributed by atoms with Gasteiger partial charge in [-0.25, -0.2) is 12.8 Å². The predicted molar refractivity (Wildman–Crippen MR) is 96.3 cm³/mol. The molecule has 1 aromatic heterocycles. The number of nitrogens with one attached hydrogen (secondary N) is 2. The van der Waals surface area contributed by atoms with Crippen LogP contribution in [0.2, 0.25) is 4.34 Å². The Labute approximate surface area is 148 Å². The fraction of sp³-hybridized carbons (Fsp3) is 0. The van der Waals surface area contributed by atoms with E-state index in [9.17, 15) is 12.8 Å². The molecule has 0 aliphatic heterocycles. The Kier molecular flexibility index (Phi) is 4.75. The first kappa shape index (κ1) is 16.8. The quantitative estimate of drug-likeness (QED) is 0.646. The lowest BCUT2D eigenvalue weighted by atomic mass is 10.2. The van der Waals surface area contributed by atoms with E-state index in [0.717, 1.165) is 11.3 Å². The van der Waals surface area contributed by atoms with Crippen molar-refractivity contribution < 1.29 is 12.8 Å². The van der Waals surface area contributed by atoms with Crippen LogP contribution < -0.4 is 10.0 Å². The van der Waals surface area contributed by atoms with Crippen molar-refractivity contribution in [3.63, 3.8) is 0 Å². The van der Waals surface area contributed by atoms with Crippen molar-refractivity contribution in [2.24, 2.45) is 0 Å². The average Bonchev–Trinajstić information content (AvgIpc) is 2.99. The van der Waals surface area contributed by atoms with Crippen LogP contribution in [0.4, 0.5) is 21.5 Å². The second-order valence-corrected chi connectivity index (χ2v) is 8.47. The second-order valence-electron chi connectivity index (χ2n) is 4.85. The Balaban J connectivity index is 1.74. The third-order valence-electron chi connectivity index (χ3n) is 3.10. The van der Waals surface area contributed by atoms with Gasteiger partial charge in [-0.15, -0.1) is 11.3 Å². The highest BCUT2D eigenvalue weighted by molar-refractivity contribution is 7.94. The largest absolute Gasteiger partial charge is 0.353 e. The van der Waals surface area contributed by atoms with Gasteiger partial charge < -0.3 is 5.32 Å². The van der Waals surface area contributed by atoms with Gasteiger partial charge >= 0.3 is 0 Å². The maximum Gasteiger partial charge on any atom is 0.271 e. The standard InChI is InChI=1S/C16H12ClFN2O2S2/c17-15-9-10-16(23-15)24(21,22)20-12-7-5-11(6-8-12)19-14-4-2-1-3-13(14)18/h1-10,19-20H. The van der Waals surface area contributed by atoms with Gasteiger partial charge in [0, 0.05) is 11.4 Å². The number of para-hydroxylation sites is 1. The molecule has 0 saturated carbocycles. The molecule has 4 nitrogen and oxygen atoms in total. The molecule has 3 aromatic rings. The van der Waals surface area contributed by atoms with Gasteiger partial charge in [0.1, 0.15) is 10.0 Å². The second kappa shape index (κ2) is 6.80. The van der Waals surface area contributed by atoms with Crippen molar-refractivity contribution in [1.82, 2.24) is 0 Å². The van der Waals surface area contributed by atoms with Crippen LogP contribution in [0.1, 0.15) is 0 Å². The minimum absolute atomic E-state index is 0.140. The van der Waals surface area contributed by atoms with Crippen molar-refractivity contribution in [2.45, 2.75) is 4.21 Å². The van der Waals surface area contributed by atoms with Crippen LogP contribution in [0.25, 0.3) is 0 Å². The summed E-state index contributed by atoms with van der Waals surface area (Å²) in [6, 6.07) is 15.8. The molecule has 1 heterocycles. The van der Waals surface area contributed by atoms with E-state index in [1.54, 1.807) is 42.5 Å². The molecule has 0 aliphatic rings. The zero-order chi connectivity index (χ0) is 17.2. The number of anilines is 3. The van der Waals surface area contributed by atoms with Crippen molar-refractivity contribution in [1.29, 1.82) is 0 Å². The summed E-state index contributed by atoms with van der Waals surface area (Å²) in [5.41, 5.74) is 1.39. The summed E-state index contributed by atoms with van der Waals surface area (Å²) in [5.74, 6) is -0.364. The summed E-state index contributed by atoms with van der Waals surface area (Å²) < 4.78 is 41.0. The number of benzene rings is 2. The van der Waals surface area contributed by atoms with Crippen molar-refractivity contribution in [3.05, 3.63) is 70.8 Å². The first-order chi connectivity index (χ1) is 11.4. The summed E-state index contributed by atoms with van der Waals surface area (Å²) in [6.07, 6.45) is 0. The zero-order valence-electron chi connectivity index (χ0n) is 12.2. The van der Waals surface area contributed by atoms with Crippen LogP contribution >= 0.6 is 22.9 Å². The average molecular weight is 383 g/mol. The molecule has 0 fully saturated rings. The molecule has 2 aromatic carbocycles. The van der Waals surface area contributed by atoms with E-state index in [0.29, 0.717) is 21.4 Å². The third-order valence-corrected chi connectivity index (χ3v) is 6.21. The molecule has 24 heavy (non-hydrogen) atoms. The molecular formula is C16H12ClFN2O2S2. The third kappa shape index (κ3) is 3.87. The minimum atomic E-state index is -3.67. The van der Waals surface area contributed by atoms with E-state index in [1.165, 1.54) is 18.2 Å². The zero-order valence-corrected chi connectivity index (χ0v) is 14.6. The minimum Gasteiger partial charge on any atom is -0.353 e. The highest BCUT2D eigenvalue weighted by Crippen LogP contribution is 2.28. The van der Waals surface area contributed by atoms with Crippen molar-refractivity contribution in [2.75, 3.05) is 10.0 Å². The topological polar surface area (TPSA) is 58.2 Å². The molecule has 8 heteroatoms. The molecule has 0 aliphatic carbocycles. The summed E-state index contributed by atoms with van der Waals surface area (Å²) in [7, 11) is -3.67. The smallest absolute Gasteiger partial charge is 0.271 e. The monoisotopic (exact) mass is 382 g/mol. The Hall–Kier alpha value is -2.09. The van der Waals surface area contributed by atoms with Gasteiger partial charge in [0.25, 0.3) is 10.0 Å². The number of sulfonamides is 1. The molecule has 0 unspecified atom stereocenters. The van der Waals surface area contributed by atoms with Crippen LogP contribution in [-0.2, 0) is 10.0 Å². The normalized spacial score (nSPS) is 11.2. The SMILES string of the molecule is O=S(=O)(Nc1ccc(Nc2ccccc2F)cc1)c1ccc(Cl)s1. The van der Waals surface area contributed by atoms with Crippen LogP contribution in [0.3, 0.4) is 0 Å². The number of hydrogen-bond acceptors (Lipinski definition) is 4.